The third-order valence-corrected chi connectivity index (χ3v) is 4.07. The van der Waals surface area contributed by atoms with E-state index in [1.807, 2.05) is 41.8 Å². The van der Waals surface area contributed by atoms with E-state index in [2.05, 4.69) is 9.98 Å². The number of aliphatic imine (C=N–C) groups is 1. The minimum atomic E-state index is -0.177. The number of aromatic hydroxyl groups is 1. The number of rotatable bonds is 2. The van der Waals surface area contributed by atoms with Gasteiger partial charge in [-0.3, -0.25) is 4.99 Å². The number of aromatic nitrogens is 1. The minimum absolute atomic E-state index is 0.177. The zero-order valence-corrected chi connectivity index (χ0v) is 11.7. The van der Waals surface area contributed by atoms with Gasteiger partial charge >= 0.3 is 5.95 Å². The molecule has 3 aromatic rings. The first-order valence-corrected chi connectivity index (χ1v) is 7.28. The Morgan fingerprint density at radius 2 is 2.05 bits per heavy atom. The molecule has 0 unspecified atom stereocenters. The van der Waals surface area contributed by atoms with Crippen LogP contribution in [0.3, 0.4) is 0 Å². The largest absolute Gasteiger partial charge is 0.479 e. The van der Waals surface area contributed by atoms with Gasteiger partial charge in [0.25, 0.3) is 0 Å². The van der Waals surface area contributed by atoms with Crippen molar-refractivity contribution in [3.8, 4) is 16.7 Å². The van der Waals surface area contributed by atoms with Gasteiger partial charge in [-0.2, -0.15) is 0 Å². The zero-order valence-electron chi connectivity index (χ0n) is 10.9. The van der Waals surface area contributed by atoms with Gasteiger partial charge in [-0.1, -0.05) is 24.3 Å². The minimum Gasteiger partial charge on any atom is -0.479 e. The zero-order chi connectivity index (χ0) is 14.2. The summed E-state index contributed by atoms with van der Waals surface area (Å²) in [5, 5.41) is 11.9. The van der Waals surface area contributed by atoms with Crippen LogP contribution in [0.15, 0.2) is 51.2 Å². The molecule has 1 aliphatic rings. The van der Waals surface area contributed by atoms with E-state index < -0.39 is 0 Å². The van der Waals surface area contributed by atoms with Gasteiger partial charge < -0.3 is 9.52 Å². The van der Waals surface area contributed by atoms with E-state index >= 15 is 0 Å². The number of thiophene rings is 1. The number of fused-ring (bicyclic) bond motifs is 1. The van der Waals surface area contributed by atoms with Gasteiger partial charge in [-0.25, -0.2) is 4.98 Å². The molecule has 0 fully saturated rings. The Hall–Kier alpha value is -2.66. The molecule has 0 atom stereocenters. The molecule has 102 valence electrons. The Balaban J connectivity index is 1.76. The highest BCUT2D eigenvalue weighted by Gasteiger charge is 2.16. The van der Waals surface area contributed by atoms with Crippen LogP contribution < -0.4 is 0 Å². The molecule has 0 aliphatic carbocycles. The van der Waals surface area contributed by atoms with Crippen molar-refractivity contribution in [3.05, 3.63) is 53.0 Å². The molecule has 1 aliphatic heterocycles. The second kappa shape index (κ2) is 4.71. The first kappa shape index (κ1) is 12.1. The molecule has 5 heteroatoms. The molecule has 4 nitrogen and oxygen atoms in total. The molecule has 4 rings (SSSR count). The molecule has 0 saturated heterocycles. The van der Waals surface area contributed by atoms with Crippen molar-refractivity contribution >= 4 is 34.9 Å². The van der Waals surface area contributed by atoms with E-state index in [9.17, 15) is 5.11 Å². The summed E-state index contributed by atoms with van der Waals surface area (Å²) in [5.41, 5.74) is 3.27. The number of para-hydroxylation sites is 1. The summed E-state index contributed by atoms with van der Waals surface area (Å²) < 4.78 is 5.32. The van der Waals surface area contributed by atoms with Crippen LogP contribution in [-0.4, -0.2) is 16.3 Å². The van der Waals surface area contributed by atoms with E-state index in [1.54, 1.807) is 12.3 Å². The quantitative estimate of drug-likeness (QED) is 0.763. The van der Waals surface area contributed by atoms with Crippen molar-refractivity contribution in [1.29, 1.82) is 0 Å². The van der Waals surface area contributed by atoms with Crippen LogP contribution in [0.4, 0.5) is 5.69 Å². The number of hydrogen-bond acceptors (Lipinski definition) is 5. The van der Waals surface area contributed by atoms with Crippen LogP contribution >= 0.6 is 11.3 Å². The number of nitrogens with zero attached hydrogens (tertiary/aromatic N) is 2. The monoisotopic (exact) mass is 294 g/mol. The lowest BCUT2D eigenvalue weighted by atomic mass is 10.1. The van der Waals surface area contributed by atoms with E-state index in [0.29, 0.717) is 11.6 Å². The van der Waals surface area contributed by atoms with Crippen LogP contribution in [0, 0.1) is 0 Å². The van der Waals surface area contributed by atoms with E-state index in [4.69, 9.17) is 4.42 Å². The van der Waals surface area contributed by atoms with Crippen molar-refractivity contribution in [2.24, 2.45) is 4.99 Å². The Morgan fingerprint density at radius 1 is 1.14 bits per heavy atom. The number of oxazole rings is 1. The fourth-order valence-electron chi connectivity index (χ4n) is 2.22. The third-order valence-electron chi connectivity index (χ3n) is 3.22. The summed E-state index contributed by atoms with van der Waals surface area (Å²) in [7, 11) is 0. The van der Waals surface area contributed by atoms with Crippen LogP contribution in [-0.2, 0) is 0 Å². The number of benzene rings is 1. The smallest absolute Gasteiger partial charge is 0.310 e. The molecule has 0 bridgehead atoms. The molecular weight excluding hydrogens is 284 g/mol. The maximum Gasteiger partial charge on any atom is 0.310 e. The third kappa shape index (κ3) is 2.08. The lowest BCUT2D eigenvalue weighted by molar-refractivity contribution is 0.337. The van der Waals surface area contributed by atoms with Crippen molar-refractivity contribution < 1.29 is 9.52 Å². The standard InChI is InChI=1S/C16H10N2O2S/c19-16-13(18-15(20-16)14-6-3-7-21-14)8-10-9-17-12-5-2-1-4-11(10)12/h1-9,19H/b10-8+. The van der Waals surface area contributed by atoms with E-state index in [-0.39, 0.29) is 5.95 Å². The van der Waals surface area contributed by atoms with Gasteiger partial charge in [0.2, 0.25) is 5.89 Å². The van der Waals surface area contributed by atoms with Crippen LogP contribution in [0.25, 0.3) is 22.4 Å². The molecule has 0 radical (unpaired) electrons. The first-order valence-electron chi connectivity index (χ1n) is 6.40. The summed E-state index contributed by atoms with van der Waals surface area (Å²) in [6, 6.07) is 11.7. The summed E-state index contributed by atoms with van der Waals surface area (Å²) in [6.45, 7) is 0. The Bertz CT molecular complexity index is 860. The second-order valence-electron chi connectivity index (χ2n) is 4.56. The van der Waals surface area contributed by atoms with Gasteiger partial charge in [0.15, 0.2) is 0 Å². The molecule has 3 heterocycles. The second-order valence-corrected chi connectivity index (χ2v) is 5.51. The maximum atomic E-state index is 9.92. The van der Waals surface area contributed by atoms with Crippen LogP contribution in [0.2, 0.25) is 0 Å². The maximum absolute atomic E-state index is 9.92. The van der Waals surface area contributed by atoms with E-state index in [0.717, 1.165) is 21.7 Å². The van der Waals surface area contributed by atoms with Crippen LogP contribution in [0.5, 0.6) is 5.95 Å². The highest BCUT2D eigenvalue weighted by molar-refractivity contribution is 7.13. The highest BCUT2D eigenvalue weighted by Crippen LogP contribution is 2.35. The Labute approximate surface area is 124 Å². The van der Waals surface area contributed by atoms with Crippen LogP contribution in [0.1, 0.15) is 11.3 Å². The SMILES string of the molecule is Oc1oc(-c2cccs2)nc1/C=C1\C=Nc2ccccc21. The van der Waals surface area contributed by atoms with Crippen molar-refractivity contribution in [2.45, 2.75) is 0 Å². The number of allylic oxidation sites excluding steroid dienone is 1. The highest BCUT2D eigenvalue weighted by atomic mass is 32.1. The topological polar surface area (TPSA) is 58.6 Å². The first-order chi connectivity index (χ1) is 10.3. The lowest BCUT2D eigenvalue weighted by Crippen LogP contribution is -1.81. The van der Waals surface area contributed by atoms with Gasteiger partial charge in [0.1, 0.15) is 5.69 Å². The average molecular weight is 294 g/mol. The summed E-state index contributed by atoms with van der Waals surface area (Å²) in [4.78, 5) is 9.56. The Kier molecular flexibility index (Phi) is 2.72. The van der Waals surface area contributed by atoms with Gasteiger partial charge in [0.05, 0.1) is 10.6 Å². The summed E-state index contributed by atoms with van der Waals surface area (Å²) in [5.74, 6) is 0.251. The van der Waals surface area contributed by atoms with Gasteiger partial charge in [-0.05, 0) is 23.6 Å². The predicted molar refractivity (Wildman–Crippen MR) is 83.9 cm³/mol. The lowest BCUT2D eigenvalue weighted by Gasteiger charge is -1.97. The molecule has 0 saturated carbocycles. The molecule has 2 aromatic heterocycles. The predicted octanol–water partition coefficient (Wildman–Crippen LogP) is 4.37. The fourth-order valence-corrected chi connectivity index (χ4v) is 2.87. The van der Waals surface area contributed by atoms with Crippen molar-refractivity contribution in [2.75, 3.05) is 0 Å². The van der Waals surface area contributed by atoms with Crippen molar-refractivity contribution in [1.82, 2.24) is 4.98 Å². The molecule has 0 amide bonds. The molecule has 0 spiro atoms. The van der Waals surface area contributed by atoms with Crippen molar-refractivity contribution in [3.63, 3.8) is 0 Å². The normalized spacial score (nSPS) is 14.8. The van der Waals surface area contributed by atoms with Gasteiger partial charge in [-0.15, -0.1) is 11.3 Å². The fraction of sp³-hybridized carbons (Fsp3) is 0. The molecule has 1 N–H and O–H groups in total. The molecular formula is C16H10N2O2S. The number of hydrogen-bond donors (Lipinski definition) is 1. The molecule has 21 heavy (non-hydrogen) atoms. The van der Waals surface area contributed by atoms with Gasteiger partial charge in [0, 0.05) is 17.4 Å². The summed E-state index contributed by atoms with van der Waals surface area (Å²) >= 11 is 1.51. The summed E-state index contributed by atoms with van der Waals surface area (Å²) in [6.07, 6.45) is 3.55. The Morgan fingerprint density at radius 3 is 2.90 bits per heavy atom. The molecule has 1 aromatic carbocycles. The average Bonchev–Trinajstić information content (AvgIpc) is 3.21. The van der Waals surface area contributed by atoms with E-state index in [1.165, 1.54) is 11.3 Å².